The maximum atomic E-state index is 12.7. The van der Waals surface area contributed by atoms with Crippen molar-refractivity contribution in [3.8, 4) is 0 Å². The number of hydrogen-bond donors (Lipinski definition) is 1. The Hall–Kier alpha value is -0.280. The summed E-state index contributed by atoms with van der Waals surface area (Å²) >= 11 is 0. The van der Waals surface area contributed by atoms with Crippen molar-refractivity contribution in [2.75, 3.05) is 26.2 Å². The molecule has 1 N–H and O–H groups in total. The third-order valence-corrected chi connectivity index (χ3v) is 5.52. The molecule has 1 unspecified atom stereocenters. The minimum atomic E-state index is -0.125. The highest BCUT2D eigenvalue weighted by atomic mass is 35.5. The Kier molecular flexibility index (Phi) is 4.46. The number of amides is 1. The Morgan fingerprint density at radius 2 is 1.84 bits per heavy atom. The van der Waals surface area contributed by atoms with Crippen LogP contribution < -0.4 is 5.32 Å². The van der Waals surface area contributed by atoms with E-state index >= 15 is 0 Å². The number of likely N-dealkylation sites (tertiary alicyclic amines) is 1. The fourth-order valence-electron chi connectivity index (χ4n) is 4.20. The van der Waals surface area contributed by atoms with Gasteiger partial charge in [0.15, 0.2) is 0 Å². The lowest BCUT2D eigenvalue weighted by atomic mass is 9.73. The van der Waals surface area contributed by atoms with Gasteiger partial charge in [0.25, 0.3) is 0 Å². The van der Waals surface area contributed by atoms with E-state index in [1.807, 2.05) is 0 Å². The Morgan fingerprint density at radius 3 is 2.47 bits per heavy atom. The Labute approximate surface area is 122 Å². The lowest BCUT2D eigenvalue weighted by Gasteiger charge is -2.34. The van der Waals surface area contributed by atoms with E-state index < -0.39 is 0 Å². The minimum absolute atomic E-state index is 0. The van der Waals surface area contributed by atoms with Gasteiger partial charge in [-0.25, -0.2) is 0 Å². The van der Waals surface area contributed by atoms with Crippen molar-refractivity contribution in [3.63, 3.8) is 0 Å². The molecule has 0 radical (unpaired) electrons. The van der Waals surface area contributed by atoms with Crippen LogP contribution in [0.4, 0.5) is 0 Å². The van der Waals surface area contributed by atoms with Gasteiger partial charge in [-0.3, -0.25) is 4.79 Å². The van der Waals surface area contributed by atoms with Crippen molar-refractivity contribution >= 4 is 18.3 Å². The maximum Gasteiger partial charge on any atom is 0.229 e. The standard InChI is InChI=1S/C15H26N2O.ClH/c1-14(7-9-16-11-14)13(18)17-10-8-15(12-17)5-3-2-4-6-15;/h16H,2-12H2,1H3;1H. The van der Waals surface area contributed by atoms with E-state index in [-0.39, 0.29) is 17.8 Å². The van der Waals surface area contributed by atoms with Gasteiger partial charge < -0.3 is 10.2 Å². The molecule has 1 aliphatic carbocycles. The largest absolute Gasteiger partial charge is 0.342 e. The van der Waals surface area contributed by atoms with E-state index in [4.69, 9.17) is 0 Å². The molecule has 0 aromatic heterocycles. The van der Waals surface area contributed by atoms with Crippen molar-refractivity contribution in [1.82, 2.24) is 10.2 Å². The fourth-order valence-corrected chi connectivity index (χ4v) is 4.20. The van der Waals surface area contributed by atoms with Crippen molar-refractivity contribution in [2.45, 2.75) is 51.9 Å². The zero-order chi connectivity index (χ0) is 12.6. The molecule has 1 spiro atoms. The van der Waals surface area contributed by atoms with Gasteiger partial charge in [-0.15, -0.1) is 12.4 Å². The van der Waals surface area contributed by atoms with E-state index in [9.17, 15) is 4.79 Å². The number of carbonyl (C=O) groups is 1. The van der Waals surface area contributed by atoms with Crippen LogP contribution >= 0.6 is 12.4 Å². The Morgan fingerprint density at radius 1 is 1.11 bits per heavy atom. The van der Waals surface area contributed by atoms with E-state index in [1.165, 1.54) is 38.5 Å². The number of nitrogens with one attached hydrogen (secondary N) is 1. The van der Waals surface area contributed by atoms with Crippen LogP contribution in [0.2, 0.25) is 0 Å². The molecule has 3 rings (SSSR count). The summed E-state index contributed by atoms with van der Waals surface area (Å²) in [4.78, 5) is 14.9. The average molecular weight is 287 g/mol. The predicted octanol–water partition coefficient (Wildman–Crippen LogP) is 2.59. The second kappa shape index (κ2) is 5.61. The van der Waals surface area contributed by atoms with Crippen LogP contribution in [-0.4, -0.2) is 37.0 Å². The average Bonchev–Trinajstić information content (AvgIpc) is 2.98. The van der Waals surface area contributed by atoms with E-state index in [0.29, 0.717) is 11.3 Å². The first-order valence-corrected chi connectivity index (χ1v) is 7.64. The summed E-state index contributed by atoms with van der Waals surface area (Å²) in [6.07, 6.45) is 9.12. The Bertz CT molecular complexity index is 333. The normalized spacial score (nSPS) is 33.4. The first kappa shape index (κ1) is 15.1. The molecule has 0 aromatic carbocycles. The summed E-state index contributed by atoms with van der Waals surface area (Å²) < 4.78 is 0. The smallest absolute Gasteiger partial charge is 0.229 e. The van der Waals surface area contributed by atoms with Crippen molar-refractivity contribution in [2.24, 2.45) is 10.8 Å². The summed E-state index contributed by atoms with van der Waals surface area (Å²) in [7, 11) is 0. The van der Waals surface area contributed by atoms with Crippen molar-refractivity contribution in [1.29, 1.82) is 0 Å². The van der Waals surface area contributed by atoms with Crippen LogP contribution in [0.5, 0.6) is 0 Å². The number of hydrogen-bond acceptors (Lipinski definition) is 2. The number of carbonyl (C=O) groups excluding carboxylic acids is 1. The molecule has 1 saturated carbocycles. The molecule has 3 nitrogen and oxygen atoms in total. The molecule has 2 aliphatic heterocycles. The highest BCUT2D eigenvalue weighted by Crippen LogP contribution is 2.44. The topological polar surface area (TPSA) is 32.3 Å². The summed E-state index contributed by atoms with van der Waals surface area (Å²) in [6, 6.07) is 0. The number of rotatable bonds is 1. The molecule has 2 saturated heterocycles. The fraction of sp³-hybridized carbons (Fsp3) is 0.933. The quantitative estimate of drug-likeness (QED) is 0.804. The first-order chi connectivity index (χ1) is 8.64. The number of nitrogens with zero attached hydrogens (tertiary/aromatic N) is 1. The summed E-state index contributed by atoms with van der Waals surface area (Å²) in [5.41, 5.74) is 0.372. The van der Waals surface area contributed by atoms with Crippen molar-refractivity contribution < 1.29 is 4.79 Å². The van der Waals surface area contributed by atoms with Gasteiger partial charge in [-0.05, 0) is 44.6 Å². The summed E-state index contributed by atoms with van der Waals surface area (Å²) in [5, 5.41) is 3.34. The van der Waals surface area contributed by atoms with Gasteiger partial charge in [0.05, 0.1) is 5.41 Å². The van der Waals surface area contributed by atoms with Crippen LogP contribution in [0, 0.1) is 10.8 Å². The third kappa shape index (κ3) is 2.78. The predicted molar refractivity (Wildman–Crippen MR) is 79.6 cm³/mol. The zero-order valence-electron chi connectivity index (χ0n) is 12.0. The van der Waals surface area contributed by atoms with Crippen LogP contribution in [-0.2, 0) is 4.79 Å². The van der Waals surface area contributed by atoms with E-state index in [0.717, 1.165) is 32.6 Å². The molecule has 0 bridgehead atoms. The molecule has 1 atom stereocenters. The second-order valence-electron chi connectivity index (χ2n) is 7.02. The molecule has 1 amide bonds. The lowest BCUT2D eigenvalue weighted by molar-refractivity contribution is -0.139. The highest BCUT2D eigenvalue weighted by Gasteiger charge is 2.45. The van der Waals surface area contributed by atoms with Crippen LogP contribution in [0.15, 0.2) is 0 Å². The molecule has 19 heavy (non-hydrogen) atoms. The molecule has 3 aliphatic rings. The maximum absolute atomic E-state index is 12.7. The zero-order valence-corrected chi connectivity index (χ0v) is 12.9. The van der Waals surface area contributed by atoms with Gasteiger partial charge >= 0.3 is 0 Å². The SMILES string of the molecule is CC1(C(=O)N2CCC3(CCCCC3)C2)CCNC1.Cl. The first-order valence-electron chi connectivity index (χ1n) is 7.64. The van der Waals surface area contributed by atoms with Crippen LogP contribution in [0.25, 0.3) is 0 Å². The molecule has 2 heterocycles. The van der Waals surface area contributed by atoms with Gasteiger partial charge in [0.1, 0.15) is 0 Å². The van der Waals surface area contributed by atoms with Gasteiger partial charge in [-0.2, -0.15) is 0 Å². The van der Waals surface area contributed by atoms with Gasteiger partial charge in [0.2, 0.25) is 5.91 Å². The Balaban J connectivity index is 0.00000133. The van der Waals surface area contributed by atoms with Crippen LogP contribution in [0.1, 0.15) is 51.9 Å². The van der Waals surface area contributed by atoms with E-state index in [2.05, 4.69) is 17.1 Å². The van der Waals surface area contributed by atoms with Crippen LogP contribution in [0.3, 0.4) is 0 Å². The van der Waals surface area contributed by atoms with Gasteiger partial charge in [0, 0.05) is 19.6 Å². The highest BCUT2D eigenvalue weighted by molar-refractivity contribution is 5.85. The minimum Gasteiger partial charge on any atom is -0.342 e. The lowest BCUT2D eigenvalue weighted by Crippen LogP contribution is -2.43. The molecule has 0 aromatic rings. The summed E-state index contributed by atoms with van der Waals surface area (Å²) in [6.45, 7) is 6.06. The monoisotopic (exact) mass is 286 g/mol. The molecule has 4 heteroatoms. The molecule has 110 valence electrons. The number of halogens is 1. The third-order valence-electron chi connectivity index (χ3n) is 5.52. The van der Waals surface area contributed by atoms with Gasteiger partial charge in [-0.1, -0.05) is 19.3 Å². The molecular weight excluding hydrogens is 260 g/mol. The molecule has 3 fully saturated rings. The molecular formula is C15H27ClN2O. The van der Waals surface area contributed by atoms with Crippen molar-refractivity contribution in [3.05, 3.63) is 0 Å². The van der Waals surface area contributed by atoms with E-state index in [1.54, 1.807) is 0 Å². The summed E-state index contributed by atoms with van der Waals surface area (Å²) in [5.74, 6) is 0.412. The second-order valence-corrected chi connectivity index (χ2v) is 7.02.